The highest BCUT2D eigenvalue weighted by Crippen LogP contribution is 2.31. The van der Waals surface area contributed by atoms with E-state index in [4.69, 9.17) is 0 Å². The molecule has 0 bridgehead atoms. The molecule has 0 atom stereocenters. The normalized spacial score (nSPS) is 15.0. The minimum absolute atomic E-state index is 0.137. The van der Waals surface area contributed by atoms with E-state index in [-0.39, 0.29) is 10.6 Å². The Labute approximate surface area is 145 Å². The number of nitro groups is 1. The Bertz CT molecular complexity index is 865. The summed E-state index contributed by atoms with van der Waals surface area (Å²) in [4.78, 5) is 12.7. The Morgan fingerprint density at radius 1 is 1.08 bits per heavy atom. The second-order valence-corrected chi connectivity index (χ2v) is 7.30. The van der Waals surface area contributed by atoms with E-state index in [0.29, 0.717) is 24.5 Å². The Hall–Kier alpha value is -2.65. The highest BCUT2D eigenvalue weighted by Gasteiger charge is 2.25. The van der Waals surface area contributed by atoms with Crippen LogP contribution < -0.4 is 14.9 Å². The number of benzene rings is 2. The SMILES string of the molecule is O=[N+]([O-])c1cc(S(=O)(=O)Nc2ccccc2)ccc1N1CCNCC1. The summed E-state index contributed by atoms with van der Waals surface area (Å²) >= 11 is 0. The molecule has 1 aliphatic heterocycles. The van der Waals surface area contributed by atoms with Gasteiger partial charge in [-0.1, -0.05) is 18.2 Å². The van der Waals surface area contributed by atoms with Crippen LogP contribution in [0.1, 0.15) is 0 Å². The Morgan fingerprint density at radius 2 is 1.76 bits per heavy atom. The summed E-state index contributed by atoms with van der Waals surface area (Å²) in [6.45, 7) is 2.73. The van der Waals surface area contributed by atoms with Crippen molar-refractivity contribution in [2.45, 2.75) is 4.90 Å². The van der Waals surface area contributed by atoms with Gasteiger partial charge in [0.1, 0.15) is 5.69 Å². The van der Waals surface area contributed by atoms with Crippen LogP contribution in [0.15, 0.2) is 53.4 Å². The lowest BCUT2D eigenvalue weighted by atomic mass is 10.2. The predicted octanol–water partition coefficient (Wildman–Crippen LogP) is 1.81. The molecule has 0 unspecified atom stereocenters. The summed E-state index contributed by atoms with van der Waals surface area (Å²) in [6, 6.07) is 12.4. The highest BCUT2D eigenvalue weighted by molar-refractivity contribution is 7.92. The van der Waals surface area contributed by atoms with E-state index in [1.165, 1.54) is 12.1 Å². The predicted molar refractivity (Wildman–Crippen MR) is 95.4 cm³/mol. The minimum atomic E-state index is -3.90. The largest absolute Gasteiger partial charge is 0.363 e. The van der Waals surface area contributed by atoms with Crippen molar-refractivity contribution in [3.05, 3.63) is 58.6 Å². The molecular weight excluding hydrogens is 344 g/mol. The monoisotopic (exact) mass is 362 g/mol. The number of nitro benzene ring substituents is 1. The van der Waals surface area contributed by atoms with Gasteiger partial charge in [0.05, 0.1) is 9.82 Å². The Morgan fingerprint density at radius 3 is 2.40 bits per heavy atom. The van der Waals surface area contributed by atoms with E-state index in [9.17, 15) is 18.5 Å². The van der Waals surface area contributed by atoms with E-state index >= 15 is 0 Å². The number of hydrogen-bond donors (Lipinski definition) is 2. The van der Waals surface area contributed by atoms with Crippen LogP contribution in [-0.2, 0) is 10.0 Å². The first-order valence-corrected chi connectivity index (χ1v) is 9.28. The number of nitrogens with zero attached hydrogens (tertiary/aromatic N) is 2. The van der Waals surface area contributed by atoms with Crippen LogP contribution >= 0.6 is 0 Å². The van der Waals surface area contributed by atoms with Crippen LogP contribution in [0, 0.1) is 10.1 Å². The first-order valence-electron chi connectivity index (χ1n) is 7.79. The lowest BCUT2D eigenvalue weighted by Crippen LogP contribution is -2.43. The summed E-state index contributed by atoms with van der Waals surface area (Å²) in [5.41, 5.74) is 0.624. The fourth-order valence-electron chi connectivity index (χ4n) is 2.71. The average Bonchev–Trinajstić information content (AvgIpc) is 2.62. The molecule has 8 nitrogen and oxygen atoms in total. The van der Waals surface area contributed by atoms with Crippen molar-refractivity contribution in [3.8, 4) is 0 Å². The number of sulfonamides is 1. The van der Waals surface area contributed by atoms with Crippen LogP contribution in [0.25, 0.3) is 0 Å². The fraction of sp³-hybridized carbons (Fsp3) is 0.250. The van der Waals surface area contributed by atoms with Crippen LogP contribution in [0.5, 0.6) is 0 Å². The van der Waals surface area contributed by atoms with Crippen molar-refractivity contribution in [1.82, 2.24) is 5.32 Å². The van der Waals surface area contributed by atoms with E-state index < -0.39 is 14.9 Å². The van der Waals surface area contributed by atoms with E-state index in [2.05, 4.69) is 10.0 Å². The maximum Gasteiger partial charge on any atom is 0.293 e. The fourth-order valence-corrected chi connectivity index (χ4v) is 3.79. The number of piperazine rings is 1. The van der Waals surface area contributed by atoms with Gasteiger partial charge in [-0.25, -0.2) is 8.42 Å². The van der Waals surface area contributed by atoms with Gasteiger partial charge in [0.25, 0.3) is 15.7 Å². The van der Waals surface area contributed by atoms with Gasteiger partial charge in [-0.05, 0) is 24.3 Å². The molecule has 2 aromatic carbocycles. The summed E-state index contributed by atoms with van der Waals surface area (Å²) in [5.74, 6) is 0. The van der Waals surface area contributed by atoms with Gasteiger partial charge in [-0.15, -0.1) is 0 Å². The van der Waals surface area contributed by atoms with Gasteiger partial charge in [-0.3, -0.25) is 14.8 Å². The number of rotatable bonds is 5. The molecule has 0 aromatic heterocycles. The van der Waals surface area contributed by atoms with E-state index in [1.807, 2.05) is 4.90 Å². The molecule has 2 N–H and O–H groups in total. The van der Waals surface area contributed by atoms with Crippen molar-refractivity contribution in [2.24, 2.45) is 0 Å². The van der Waals surface area contributed by atoms with E-state index in [0.717, 1.165) is 19.2 Å². The topological polar surface area (TPSA) is 105 Å². The molecule has 0 spiro atoms. The number of anilines is 2. The second kappa shape index (κ2) is 7.08. The van der Waals surface area contributed by atoms with Crippen LogP contribution in [0.4, 0.5) is 17.1 Å². The van der Waals surface area contributed by atoms with Gasteiger partial charge >= 0.3 is 0 Å². The van der Waals surface area contributed by atoms with Gasteiger partial charge in [0, 0.05) is 37.9 Å². The molecule has 0 radical (unpaired) electrons. The summed E-state index contributed by atoms with van der Waals surface area (Å²) < 4.78 is 27.4. The van der Waals surface area contributed by atoms with Gasteiger partial charge in [0.15, 0.2) is 0 Å². The van der Waals surface area contributed by atoms with E-state index in [1.54, 1.807) is 30.3 Å². The molecule has 0 saturated carbocycles. The maximum absolute atomic E-state index is 12.5. The third-order valence-electron chi connectivity index (χ3n) is 3.94. The number of hydrogen-bond acceptors (Lipinski definition) is 6. The zero-order chi connectivity index (χ0) is 17.9. The molecule has 1 aliphatic rings. The molecule has 0 amide bonds. The Balaban J connectivity index is 1.94. The van der Waals surface area contributed by atoms with Crippen molar-refractivity contribution < 1.29 is 13.3 Å². The lowest BCUT2D eigenvalue weighted by Gasteiger charge is -2.29. The van der Waals surface area contributed by atoms with Crippen molar-refractivity contribution in [1.29, 1.82) is 0 Å². The Kier molecular flexibility index (Phi) is 4.86. The number of para-hydroxylation sites is 1. The first kappa shape index (κ1) is 17.2. The zero-order valence-electron chi connectivity index (χ0n) is 13.4. The third kappa shape index (κ3) is 3.89. The van der Waals surface area contributed by atoms with Crippen LogP contribution in [0.3, 0.4) is 0 Å². The lowest BCUT2D eigenvalue weighted by molar-refractivity contribution is -0.384. The molecule has 1 heterocycles. The first-order chi connectivity index (χ1) is 12.0. The smallest absolute Gasteiger partial charge is 0.293 e. The molecule has 1 saturated heterocycles. The summed E-state index contributed by atoms with van der Waals surface area (Å²) in [7, 11) is -3.90. The standard InChI is InChI=1S/C16H18N4O4S/c21-20(22)16-12-14(6-7-15(16)19-10-8-17-9-11-19)25(23,24)18-13-4-2-1-3-5-13/h1-7,12,17-18H,8-11H2. The molecule has 0 aliphatic carbocycles. The third-order valence-corrected chi connectivity index (χ3v) is 5.32. The zero-order valence-corrected chi connectivity index (χ0v) is 14.2. The second-order valence-electron chi connectivity index (χ2n) is 5.62. The van der Waals surface area contributed by atoms with Crippen LogP contribution in [0.2, 0.25) is 0 Å². The molecule has 2 aromatic rings. The van der Waals surface area contributed by atoms with Crippen molar-refractivity contribution in [2.75, 3.05) is 35.8 Å². The molecule has 9 heteroatoms. The molecule has 25 heavy (non-hydrogen) atoms. The van der Waals surface area contributed by atoms with Crippen molar-refractivity contribution >= 4 is 27.1 Å². The summed E-state index contributed by atoms with van der Waals surface area (Å²) in [5, 5.41) is 14.6. The average molecular weight is 362 g/mol. The molecular formula is C16H18N4O4S. The van der Waals surface area contributed by atoms with Gasteiger partial charge in [0.2, 0.25) is 0 Å². The van der Waals surface area contributed by atoms with Crippen molar-refractivity contribution in [3.63, 3.8) is 0 Å². The molecule has 1 fully saturated rings. The summed E-state index contributed by atoms with van der Waals surface area (Å²) in [6.07, 6.45) is 0. The number of nitrogens with one attached hydrogen (secondary N) is 2. The quantitative estimate of drug-likeness (QED) is 0.621. The van der Waals surface area contributed by atoms with Gasteiger partial charge < -0.3 is 10.2 Å². The molecule has 132 valence electrons. The van der Waals surface area contributed by atoms with Crippen LogP contribution in [-0.4, -0.2) is 39.5 Å². The highest BCUT2D eigenvalue weighted by atomic mass is 32.2. The molecule has 3 rings (SSSR count). The minimum Gasteiger partial charge on any atom is -0.363 e. The van der Waals surface area contributed by atoms with Gasteiger partial charge in [-0.2, -0.15) is 0 Å². The maximum atomic E-state index is 12.5.